The number of hydrogen-bond acceptors (Lipinski definition) is 1. The fourth-order valence-corrected chi connectivity index (χ4v) is 1.23. The van der Waals surface area contributed by atoms with Crippen LogP contribution in [0.5, 0.6) is 0 Å². The standard InChI is InChI=1S/C11H16O/c1-8(2)5-6-11-7-9(3)10(4)12-11/h5-6,9,11H,1,4,7H2,2-3H3/b6-5+. The van der Waals surface area contributed by atoms with E-state index in [2.05, 4.69) is 26.2 Å². The van der Waals surface area contributed by atoms with Crippen LogP contribution in [0.4, 0.5) is 0 Å². The van der Waals surface area contributed by atoms with Gasteiger partial charge in [0.25, 0.3) is 0 Å². The molecule has 12 heavy (non-hydrogen) atoms. The van der Waals surface area contributed by atoms with E-state index in [4.69, 9.17) is 4.74 Å². The molecule has 0 amide bonds. The van der Waals surface area contributed by atoms with E-state index in [1.165, 1.54) is 0 Å². The summed E-state index contributed by atoms with van der Waals surface area (Å²) in [5.74, 6) is 1.40. The van der Waals surface area contributed by atoms with Gasteiger partial charge in [-0.2, -0.15) is 0 Å². The van der Waals surface area contributed by atoms with Crippen LogP contribution in [0, 0.1) is 5.92 Å². The van der Waals surface area contributed by atoms with Gasteiger partial charge in [-0.25, -0.2) is 0 Å². The Labute approximate surface area is 74.4 Å². The van der Waals surface area contributed by atoms with Gasteiger partial charge in [0, 0.05) is 5.92 Å². The maximum Gasteiger partial charge on any atom is 0.117 e. The molecule has 66 valence electrons. The second kappa shape index (κ2) is 3.61. The molecule has 0 N–H and O–H groups in total. The van der Waals surface area contributed by atoms with Gasteiger partial charge in [-0.05, 0) is 19.4 Å². The van der Waals surface area contributed by atoms with Crippen molar-refractivity contribution < 1.29 is 4.74 Å². The Kier molecular flexibility index (Phi) is 2.74. The lowest BCUT2D eigenvalue weighted by Gasteiger charge is -2.03. The van der Waals surface area contributed by atoms with Crippen molar-refractivity contribution in [3.05, 3.63) is 36.6 Å². The van der Waals surface area contributed by atoms with Gasteiger partial charge >= 0.3 is 0 Å². The zero-order valence-electron chi connectivity index (χ0n) is 7.84. The van der Waals surface area contributed by atoms with E-state index in [1.807, 2.05) is 13.0 Å². The molecule has 0 aromatic carbocycles. The molecule has 0 radical (unpaired) electrons. The minimum atomic E-state index is 0.212. The molecule has 1 fully saturated rings. The monoisotopic (exact) mass is 164 g/mol. The molecule has 0 aromatic rings. The summed E-state index contributed by atoms with van der Waals surface area (Å²) >= 11 is 0. The highest BCUT2D eigenvalue weighted by Crippen LogP contribution is 2.28. The highest BCUT2D eigenvalue weighted by Gasteiger charge is 2.23. The summed E-state index contributed by atoms with van der Waals surface area (Å²) < 4.78 is 5.50. The van der Waals surface area contributed by atoms with Crippen molar-refractivity contribution in [3.8, 4) is 0 Å². The predicted molar refractivity (Wildman–Crippen MR) is 51.7 cm³/mol. The fourth-order valence-electron chi connectivity index (χ4n) is 1.23. The van der Waals surface area contributed by atoms with Crippen molar-refractivity contribution in [2.75, 3.05) is 0 Å². The molecule has 0 saturated carbocycles. The van der Waals surface area contributed by atoms with E-state index in [0.717, 1.165) is 17.8 Å². The summed E-state index contributed by atoms with van der Waals surface area (Å²) in [5.41, 5.74) is 1.06. The Balaban J connectivity index is 2.47. The molecule has 2 atom stereocenters. The summed E-state index contributed by atoms with van der Waals surface area (Å²) in [6, 6.07) is 0. The minimum absolute atomic E-state index is 0.212. The third kappa shape index (κ3) is 2.26. The molecule has 0 aromatic heterocycles. The van der Waals surface area contributed by atoms with Crippen LogP contribution >= 0.6 is 0 Å². The molecule has 0 spiro atoms. The molecule has 0 bridgehead atoms. The second-order valence-electron chi connectivity index (χ2n) is 3.46. The number of allylic oxidation sites excluding steroid dienone is 3. The Morgan fingerprint density at radius 2 is 2.33 bits per heavy atom. The van der Waals surface area contributed by atoms with E-state index in [-0.39, 0.29) is 6.10 Å². The van der Waals surface area contributed by atoms with Crippen LogP contribution in [0.2, 0.25) is 0 Å². The van der Waals surface area contributed by atoms with E-state index in [1.54, 1.807) is 0 Å². The van der Waals surface area contributed by atoms with Gasteiger partial charge < -0.3 is 4.74 Å². The van der Waals surface area contributed by atoms with Gasteiger partial charge in [0.2, 0.25) is 0 Å². The van der Waals surface area contributed by atoms with E-state index in [0.29, 0.717) is 5.92 Å². The number of hydrogen-bond donors (Lipinski definition) is 0. The average Bonchev–Trinajstić information content (AvgIpc) is 2.28. The number of ether oxygens (including phenoxy) is 1. The Hall–Kier alpha value is -0.980. The van der Waals surface area contributed by atoms with Gasteiger partial charge in [0.1, 0.15) is 6.10 Å². The molecule has 1 nitrogen and oxygen atoms in total. The Bertz CT molecular complexity index is 225. The molecular weight excluding hydrogens is 148 g/mol. The van der Waals surface area contributed by atoms with Crippen molar-refractivity contribution in [2.24, 2.45) is 5.92 Å². The summed E-state index contributed by atoms with van der Waals surface area (Å²) in [5, 5.41) is 0. The van der Waals surface area contributed by atoms with Crippen LogP contribution in [-0.2, 0) is 4.74 Å². The van der Waals surface area contributed by atoms with Gasteiger partial charge in [0.05, 0.1) is 5.76 Å². The first-order valence-electron chi connectivity index (χ1n) is 4.28. The first kappa shape index (κ1) is 9.11. The topological polar surface area (TPSA) is 9.23 Å². The summed E-state index contributed by atoms with van der Waals surface area (Å²) in [7, 11) is 0. The quantitative estimate of drug-likeness (QED) is 0.570. The van der Waals surface area contributed by atoms with Crippen LogP contribution in [0.25, 0.3) is 0 Å². The summed E-state index contributed by atoms with van der Waals surface area (Å²) in [6.45, 7) is 11.7. The zero-order chi connectivity index (χ0) is 9.14. The molecule has 2 unspecified atom stereocenters. The molecule has 1 rings (SSSR count). The molecular formula is C11H16O. The fraction of sp³-hybridized carbons (Fsp3) is 0.455. The van der Waals surface area contributed by atoms with Gasteiger partial charge in [-0.15, -0.1) is 0 Å². The maximum atomic E-state index is 5.50. The van der Waals surface area contributed by atoms with Gasteiger partial charge in [-0.1, -0.05) is 31.7 Å². The first-order valence-corrected chi connectivity index (χ1v) is 4.28. The average molecular weight is 164 g/mol. The van der Waals surface area contributed by atoms with Crippen LogP contribution in [0.3, 0.4) is 0 Å². The summed E-state index contributed by atoms with van der Waals surface area (Å²) in [6.07, 6.45) is 5.31. The van der Waals surface area contributed by atoms with E-state index in [9.17, 15) is 0 Å². The smallest absolute Gasteiger partial charge is 0.117 e. The van der Waals surface area contributed by atoms with Crippen molar-refractivity contribution in [1.82, 2.24) is 0 Å². The molecule has 1 aliphatic heterocycles. The lowest BCUT2D eigenvalue weighted by atomic mass is 10.1. The lowest BCUT2D eigenvalue weighted by Crippen LogP contribution is -1.98. The van der Waals surface area contributed by atoms with Crippen LogP contribution in [0.1, 0.15) is 20.3 Å². The van der Waals surface area contributed by atoms with Crippen molar-refractivity contribution in [2.45, 2.75) is 26.4 Å². The molecule has 0 aliphatic carbocycles. The summed E-state index contributed by atoms with van der Waals surface area (Å²) in [4.78, 5) is 0. The lowest BCUT2D eigenvalue weighted by molar-refractivity contribution is 0.201. The maximum absolute atomic E-state index is 5.50. The van der Waals surface area contributed by atoms with Gasteiger partial charge in [-0.3, -0.25) is 0 Å². The Morgan fingerprint density at radius 3 is 2.75 bits per heavy atom. The van der Waals surface area contributed by atoms with Crippen molar-refractivity contribution in [1.29, 1.82) is 0 Å². The Morgan fingerprint density at radius 1 is 1.67 bits per heavy atom. The highest BCUT2D eigenvalue weighted by molar-refractivity contribution is 5.15. The highest BCUT2D eigenvalue weighted by atomic mass is 16.5. The van der Waals surface area contributed by atoms with Crippen LogP contribution in [0.15, 0.2) is 36.6 Å². The van der Waals surface area contributed by atoms with Crippen molar-refractivity contribution in [3.63, 3.8) is 0 Å². The SMILES string of the molecule is C=C(C)/C=C/C1CC(C)C(=C)O1. The second-order valence-corrected chi connectivity index (χ2v) is 3.46. The third-order valence-corrected chi connectivity index (χ3v) is 2.03. The number of rotatable bonds is 2. The molecule has 1 heteroatoms. The largest absolute Gasteiger partial charge is 0.491 e. The van der Waals surface area contributed by atoms with E-state index < -0.39 is 0 Å². The van der Waals surface area contributed by atoms with Crippen molar-refractivity contribution >= 4 is 0 Å². The molecule has 1 saturated heterocycles. The van der Waals surface area contributed by atoms with Gasteiger partial charge in [0.15, 0.2) is 0 Å². The first-order chi connectivity index (χ1) is 5.59. The van der Waals surface area contributed by atoms with Crippen LogP contribution in [-0.4, -0.2) is 6.10 Å². The third-order valence-electron chi connectivity index (χ3n) is 2.03. The predicted octanol–water partition coefficient (Wildman–Crippen LogP) is 3.06. The minimum Gasteiger partial charge on any atom is -0.491 e. The van der Waals surface area contributed by atoms with Crippen LogP contribution < -0.4 is 0 Å². The van der Waals surface area contributed by atoms with E-state index >= 15 is 0 Å². The molecule has 1 aliphatic rings. The zero-order valence-corrected chi connectivity index (χ0v) is 7.84. The molecule has 1 heterocycles. The normalized spacial score (nSPS) is 29.3.